The number of amides is 2. The Bertz CT molecular complexity index is 1180. The van der Waals surface area contributed by atoms with Gasteiger partial charge in [0.2, 0.25) is 5.91 Å². The highest BCUT2D eigenvalue weighted by molar-refractivity contribution is 6.03. The summed E-state index contributed by atoms with van der Waals surface area (Å²) < 4.78 is 6.79. The van der Waals surface area contributed by atoms with Gasteiger partial charge in [0.25, 0.3) is 11.5 Å². The van der Waals surface area contributed by atoms with E-state index in [1.807, 2.05) is 13.0 Å². The van der Waals surface area contributed by atoms with Gasteiger partial charge in [-0.2, -0.15) is 0 Å². The van der Waals surface area contributed by atoms with Crippen molar-refractivity contribution in [1.82, 2.24) is 14.9 Å². The van der Waals surface area contributed by atoms with E-state index in [1.54, 1.807) is 36.4 Å². The molecule has 1 atom stereocenters. The number of hydrogen-bond donors (Lipinski definition) is 2. The Morgan fingerprint density at radius 3 is 2.84 bits per heavy atom. The second kappa shape index (κ2) is 9.09. The summed E-state index contributed by atoms with van der Waals surface area (Å²) in [6.45, 7) is 2.82. The van der Waals surface area contributed by atoms with Gasteiger partial charge in [-0.3, -0.25) is 19.0 Å². The molecular formula is C23H24N4O4. The second-order valence-corrected chi connectivity index (χ2v) is 7.59. The van der Waals surface area contributed by atoms with Crippen LogP contribution in [-0.2, 0) is 16.1 Å². The molecule has 4 rings (SSSR count). The minimum absolute atomic E-state index is 0.0293. The lowest BCUT2D eigenvalue weighted by atomic mass is 10.1. The van der Waals surface area contributed by atoms with Gasteiger partial charge >= 0.3 is 0 Å². The third kappa shape index (κ3) is 4.64. The van der Waals surface area contributed by atoms with E-state index in [0.717, 1.165) is 25.0 Å². The van der Waals surface area contributed by atoms with Crippen molar-refractivity contribution in [2.75, 3.05) is 18.5 Å². The number of hydrogen-bond acceptors (Lipinski definition) is 5. The molecule has 0 spiro atoms. The maximum atomic E-state index is 12.7. The van der Waals surface area contributed by atoms with E-state index in [9.17, 15) is 14.4 Å². The number of nitrogens with one attached hydrogen (secondary N) is 2. The Balaban J connectivity index is 1.47. The zero-order valence-corrected chi connectivity index (χ0v) is 17.3. The van der Waals surface area contributed by atoms with Gasteiger partial charge in [-0.15, -0.1) is 0 Å². The van der Waals surface area contributed by atoms with E-state index >= 15 is 0 Å². The number of nitrogens with zero attached hydrogens (tertiary/aromatic N) is 2. The van der Waals surface area contributed by atoms with E-state index in [4.69, 9.17) is 4.74 Å². The van der Waals surface area contributed by atoms with Crippen LogP contribution in [0.2, 0.25) is 0 Å². The number of benzene rings is 2. The zero-order valence-electron chi connectivity index (χ0n) is 17.3. The lowest BCUT2D eigenvalue weighted by molar-refractivity contribution is -0.116. The molecular weight excluding hydrogens is 396 g/mol. The molecule has 1 fully saturated rings. The average Bonchev–Trinajstić information content (AvgIpc) is 3.28. The first kappa shape index (κ1) is 20.7. The number of carbonyl (C=O) groups excluding carboxylic acids is 2. The molecule has 2 N–H and O–H groups in total. The van der Waals surface area contributed by atoms with Gasteiger partial charge in [0, 0.05) is 13.2 Å². The Kier molecular flexibility index (Phi) is 6.08. The topological polar surface area (TPSA) is 102 Å². The molecule has 1 aliphatic rings. The van der Waals surface area contributed by atoms with Crippen LogP contribution in [0.1, 0.15) is 28.8 Å². The Morgan fingerprint density at radius 1 is 1.19 bits per heavy atom. The second-order valence-electron chi connectivity index (χ2n) is 7.59. The quantitative estimate of drug-likeness (QED) is 0.637. The zero-order chi connectivity index (χ0) is 21.8. The molecule has 3 aromatic rings. The van der Waals surface area contributed by atoms with Crippen molar-refractivity contribution in [3.63, 3.8) is 0 Å². The first-order valence-electron chi connectivity index (χ1n) is 10.3. The van der Waals surface area contributed by atoms with Crippen molar-refractivity contribution in [3.05, 3.63) is 70.3 Å². The Hall–Kier alpha value is -3.52. The predicted molar refractivity (Wildman–Crippen MR) is 117 cm³/mol. The summed E-state index contributed by atoms with van der Waals surface area (Å²) >= 11 is 0. The van der Waals surface area contributed by atoms with E-state index < -0.39 is 5.91 Å². The molecule has 1 aromatic heterocycles. The van der Waals surface area contributed by atoms with Gasteiger partial charge in [-0.25, -0.2) is 4.98 Å². The predicted octanol–water partition coefficient (Wildman–Crippen LogP) is 2.25. The van der Waals surface area contributed by atoms with Gasteiger partial charge in [-0.05, 0) is 43.5 Å². The number of fused-ring (bicyclic) bond motifs is 1. The van der Waals surface area contributed by atoms with Gasteiger partial charge in [0.1, 0.15) is 6.54 Å². The van der Waals surface area contributed by atoms with Crippen molar-refractivity contribution in [1.29, 1.82) is 0 Å². The number of ether oxygens (including phenoxy) is 1. The van der Waals surface area contributed by atoms with Crippen LogP contribution in [0.25, 0.3) is 10.9 Å². The normalized spacial score (nSPS) is 15.7. The summed E-state index contributed by atoms with van der Waals surface area (Å²) in [5.41, 5.74) is 1.97. The number of rotatable bonds is 6. The summed E-state index contributed by atoms with van der Waals surface area (Å²) in [5, 5.41) is 6.06. The molecule has 1 aliphatic heterocycles. The molecule has 8 heteroatoms. The third-order valence-electron chi connectivity index (χ3n) is 5.33. The highest BCUT2D eigenvalue weighted by Gasteiger charge is 2.19. The fourth-order valence-corrected chi connectivity index (χ4v) is 3.69. The minimum atomic E-state index is -0.421. The molecule has 0 aliphatic carbocycles. The third-order valence-corrected chi connectivity index (χ3v) is 5.33. The van der Waals surface area contributed by atoms with Crippen LogP contribution in [0, 0.1) is 6.92 Å². The molecule has 0 saturated carbocycles. The molecule has 1 saturated heterocycles. The summed E-state index contributed by atoms with van der Waals surface area (Å²) in [7, 11) is 0. The molecule has 31 heavy (non-hydrogen) atoms. The van der Waals surface area contributed by atoms with Gasteiger partial charge in [0.05, 0.1) is 34.6 Å². The number of anilines is 1. The van der Waals surface area contributed by atoms with E-state index in [2.05, 4.69) is 15.6 Å². The molecule has 2 aromatic carbocycles. The summed E-state index contributed by atoms with van der Waals surface area (Å²) in [6, 6.07) is 12.1. The van der Waals surface area contributed by atoms with E-state index in [0.29, 0.717) is 28.7 Å². The van der Waals surface area contributed by atoms with Crippen molar-refractivity contribution in [2.24, 2.45) is 0 Å². The smallest absolute Gasteiger partial charge is 0.261 e. The minimum Gasteiger partial charge on any atom is -0.376 e. The monoisotopic (exact) mass is 420 g/mol. The Morgan fingerprint density at radius 2 is 2.03 bits per heavy atom. The van der Waals surface area contributed by atoms with Crippen molar-refractivity contribution in [2.45, 2.75) is 32.4 Å². The molecule has 2 amide bonds. The van der Waals surface area contributed by atoms with Crippen molar-refractivity contribution in [3.8, 4) is 0 Å². The number of para-hydroxylation sites is 2. The fraction of sp³-hybridized carbons (Fsp3) is 0.304. The first-order valence-corrected chi connectivity index (χ1v) is 10.3. The SMILES string of the molecule is Cc1cccc2c(=O)n(CC(=O)Nc3ccccc3C(=O)NCC3CCCO3)cnc12. The maximum absolute atomic E-state index is 12.7. The van der Waals surface area contributed by atoms with Crippen LogP contribution in [0.5, 0.6) is 0 Å². The van der Waals surface area contributed by atoms with Crippen LogP contribution in [0.3, 0.4) is 0 Å². The van der Waals surface area contributed by atoms with Gasteiger partial charge in [0.15, 0.2) is 0 Å². The van der Waals surface area contributed by atoms with Crippen molar-refractivity contribution >= 4 is 28.4 Å². The molecule has 0 radical (unpaired) electrons. The van der Waals surface area contributed by atoms with Gasteiger partial charge < -0.3 is 15.4 Å². The maximum Gasteiger partial charge on any atom is 0.261 e. The number of carbonyl (C=O) groups is 2. The van der Waals surface area contributed by atoms with Gasteiger partial charge in [-0.1, -0.05) is 24.3 Å². The fourth-order valence-electron chi connectivity index (χ4n) is 3.69. The Labute approximate surface area is 179 Å². The highest BCUT2D eigenvalue weighted by Crippen LogP contribution is 2.16. The van der Waals surface area contributed by atoms with Crippen LogP contribution in [0.15, 0.2) is 53.6 Å². The molecule has 1 unspecified atom stereocenters. The standard InChI is InChI=1S/C23H24N4O4/c1-15-6-4-9-18-21(15)25-14-27(23(18)30)13-20(28)26-19-10-3-2-8-17(19)22(29)24-12-16-7-5-11-31-16/h2-4,6,8-10,14,16H,5,7,11-13H2,1H3,(H,24,29)(H,26,28). The summed E-state index contributed by atoms with van der Waals surface area (Å²) in [4.78, 5) is 42.3. The number of aryl methyl sites for hydroxylation is 1. The lowest BCUT2D eigenvalue weighted by Gasteiger charge is -2.14. The van der Waals surface area contributed by atoms with Crippen LogP contribution in [-0.4, -0.2) is 40.6 Å². The van der Waals surface area contributed by atoms with E-state index in [-0.39, 0.29) is 24.1 Å². The van der Waals surface area contributed by atoms with Crippen LogP contribution in [0.4, 0.5) is 5.69 Å². The van der Waals surface area contributed by atoms with Crippen molar-refractivity contribution < 1.29 is 14.3 Å². The average molecular weight is 420 g/mol. The lowest BCUT2D eigenvalue weighted by Crippen LogP contribution is -2.33. The molecule has 160 valence electrons. The largest absolute Gasteiger partial charge is 0.376 e. The molecule has 2 heterocycles. The van der Waals surface area contributed by atoms with Crippen LogP contribution < -0.4 is 16.2 Å². The molecule has 0 bridgehead atoms. The highest BCUT2D eigenvalue weighted by atomic mass is 16.5. The number of aromatic nitrogens is 2. The van der Waals surface area contributed by atoms with Crippen LogP contribution >= 0.6 is 0 Å². The first-order chi connectivity index (χ1) is 15.0. The van der Waals surface area contributed by atoms with E-state index in [1.165, 1.54) is 10.9 Å². The summed E-state index contributed by atoms with van der Waals surface area (Å²) in [6.07, 6.45) is 3.32. The summed E-state index contributed by atoms with van der Waals surface area (Å²) in [5.74, 6) is -0.707. The molecule has 8 nitrogen and oxygen atoms in total.